The average molecular weight is 298 g/mol. The highest BCUT2D eigenvalue weighted by atomic mass is 79.9. The van der Waals surface area contributed by atoms with E-state index in [1.54, 1.807) is 11.1 Å². The van der Waals surface area contributed by atoms with Crippen LogP contribution < -0.4 is 4.90 Å². The molecule has 90 valence electrons. The molecule has 0 radical (unpaired) electrons. The Balaban J connectivity index is 1.78. The first-order valence-electron chi connectivity index (χ1n) is 5.53. The van der Waals surface area contributed by atoms with Crippen LogP contribution in [0.15, 0.2) is 22.8 Å². The zero-order valence-electron chi connectivity index (χ0n) is 9.08. The normalized spacial score (nSPS) is 26.6. The first-order chi connectivity index (χ1) is 8.15. The Morgan fingerprint density at radius 2 is 2.24 bits per heavy atom. The molecule has 1 amide bonds. The molecule has 2 fully saturated rings. The summed E-state index contributed by atoms with van der Waals surface area (Å²) < 4.78 is 0.956. The summed E-state index contributed by atoms with van der Waals surface area (Å²) in [4.78, 5) is 19.1. The Hall–Kier alpha value is -1.30. The molecule has 1 aromatic heterocycles. The average Bonchev–Trinajstić information content (AvgIpc) is 2.89. The number of halogens is 1. The molecular weight excluding hydrogens is 286 g/mol. The third-order valence-corrected chi connectivity index (χ3v) is 3.96. The highest BCUT2D eigenvalue weighted by Crippen LogP contribution is 2.33. The number of carbonyl (C=O) groups is 1. The van der Waals surface area contributed by atoms with E-state index in [0.717, 1.165) is 23.3 Å². The predicted octanol–water partition coefficient (Wildman–Crippen LogP) is 1.79. The van der Waals surface area contributed by atoms with Gasteiger partial charge in [-0.25, -0.2) is 9.78 Å². The van der Waals surface area contributed by atoms with Gasteiger partial charge in [-0.05, 0) is 34.5 Å². The molecule has 17 heavy (non-hydrogen) atoms. The Morgan fingerprint density at radius 3 is 2.76 bits per heavy atom. The Kier molecular flexibility index (Phi) is 2.47. The van der Waals surface area contributed by atoms with Crippen LogP contribution in [0.4, 0.5) is 10.6 Å². The number of fused-ring (bicyclic) bond motifs is 2. The number of hydrogen-bond donors (Lipinski definition) is 1. The first-order valence-corrected chi connectivity index (χ1v) is 6.32. The lowest BCUT2D eigenvalue weighted by atomic mass is 10.2. The SMILES string of the molecule is O=C(O)N1C[C@@H]2CC1CN2c1ccc(Br)cn1. The molecule has 3 heterocycles. The summed E-state index contributed by atoms with van der Waals surface area (Å²) in [6.45, 7) is 1.35. The summed E-state index contributed by atoms with van der Waals surface area (Å²) in [6.07, 6.45) is 1.89. The quantitative estimate of drug-likeness (QED) is 0.858. The van der Waals surface area contributed by atoms with Gasteiger partial charge in [0.1, 0.15) is 5.82 Å². The molecule has 5 nitrogen and oxygen atoms in total. The molecule has 3 rings (SSSR count). The van der Waals surface area contributed by atoms with Gasteiger partial charge >= 0.3 is 6.09 Å². The molecule has 0 saturated carbocycles. The minimum absolute atomic E-state index is 0.128. The first kappa shape index (κ1) is 10.8. The molecule has 2 bridgehead atoms. The van der Waals surface area contributed by atoms with E-state index < -0.39 is 6.09 Å². The molecule has 1 N–H and O–H groups in total. The van der Waals surface area contributed by atoms with Crippen LogP contribution in [0.3, 0.4) is 0 Å². The summed E-state index contributed by atoms with van der Waals surface area (Å²) in [5.41, 5.74) is 0. The zero-order chi connectivity index (χ0) is 12.0. The van der Waals surface area contributed by atoms with E-state index in [-0.39, 0.29) is 12.1 Å². The third kappa shape index (κ3) is 1.76. The minimum Gasteiger partial charge on any atom is -0.465 e. The van der Waals surface area contributed by atoms with E-state index in [1.165, 1.54) is 0 Å². The topological polar surface area (TPSA) is 56.7 Å². The van der Waals surface area contributed by atoms with Gasteiger partial charge in [-0.15, -0.1) is 0 Å². The number of rotatable bonds is 1. The lowest BCUT2D eigenvalue weighted by Gasteiger charge is -2.33. The van der Waals surface area contributed by atoms with Gasteiger partial charge in [-0.3, -0.25) is 0 Å². The highest BCUT2D eigenvalue weighted by molar-refractivity contribution is 9.10. The molecule has 1 aromatic rings. The summed E-state index contributed by atoms with van der Waals surface area (Å²) >= 11 is 3.36. The number of anilines is 1. The van der Waals surface area contributed by atoms with Gasteiger partial charge in [0.2, 0.25) is 0 Å². The minimum atomic E-state index is -0.805. The van der Waals surface area contributed by atoms with E-state index in [1.807, 2.05) is 12.1 Å². The number of aromatic nitrogens is 1. The molecule has 0 spiro atoms. The van der Waals surface area contributed by atoms with Crippen molar-refractivity contribution in [2.24, 2.45) is 0 Å². The lowest BCUT2D eigenvalue weighted by molar-refractivity contribution is 0.137. The fourth-order valence-electron chi connectivity index (χ4n) is 2.72. The number of pyridine rings is 1. The van der Waals surface area contributed by atoms with Crippen LogP contribution in [0.25, 0.3) is 0 Å². The maximum absolute atomic E-state index is 11.0. The van der Waals surface area contributed by atoms with Gasteiger partial charge < -0.3 is 14.9 Å². The summed E-state index contributed by atoms with van der Waals surface area (Å²) in [5.74, 6) is 0.936. The van der Waals surface area contributed by atoms with Crippen LogP contribution in [-0.2, 0) is 0 Å². The van der Waals surface area contributed by atoms with Crippen molar-refractivity contribution in [1.82, 2.24) is 9.88 Å². The van der Waals surface area contributed by atoms with Crippen molar-refractivity contribution >= 4 is 27.8 Å². The molecule has 2 atom stereocenters. The van der Waals surface area contributed by atoms with Gasteiger partial charge in [0.05, 0.1) is 12.1 Å². The van der Waals surface area contributed by atoms with Crippen molar-refractivity contribution in [2.45, 2.75) is 18.5 Å². The van der Waals surface area contributed by atoms with Crippen LogP contribution in [-0.4, -0.2) is 46.3 Å². The van der Waals surface area contributed by atoms with Gasteiger partial charge in [-0.1, -0.05) is 0 Å². The molecule has 2 aliphatic heterocycles. The van der Waals surface area contributed by atoms with E-state index in [0.29, 0.717) is 6.54 Å². The van der Waals surface area contributed by atoms with E-state index in [2.05, 4.69) is 25.8 Å². The Morgan fingerprint density at radius 1 is 1.41 bits per heavy atom. The number of nitrogens with zero attached hydrogens (tertiary/aromatic N) is 3. The maximum Gasteiger partial charge on any atom is 0.407 e. The van der Waals surface area contributed by atoms with Crippen molar-refractivity contribution in [1.29, 1.82) is 0 Å². The van der Waals surface area contributed by atoms with Crippen molar-refractivity contribution in [2.75, 3.05) is 18.0 Å². The number of carboxylic acid groups (broad SMARTS) is 1. The molecule has 1 unspecified atom stereocenters. The smallest absolute Gasteiger partial charge is 0.407 e. The largest absolute Gasteiger partial charge is 0.465 e. The molecule has 2 aliphatic rings. The van der Waals surface area contributed by atoms with E-state index in [4.69, 9.17) is 5.11 Å². The van der Waals surface area contributed by atoms with Gasteiger partial charge in [0.15, 0.2) is 0 Å². The second kappa shape index (κ2) is 3.87. The van der Waals surface area contributed by atoms with Crippen molar-refractivity contribution in [3.8, 4) is 0 Å². The number of hydrogen-bond acceptors (Lipinski definition) is 3. The van der Waals surface area contributed by atoms with Crippen LogP contribution in [0, 0.1) is 0 Å². The summed E-state index contributed by atoms with van der Waals surface area (Å²) in [6, 6.07) is 4.34. The zero-order valence-corrected chi connectivity index (χ0v) is 10.7. The van der Waals surface area contributed by atoms with Crippen molar-refractivity contribution in [3.05, 3.63) is 22.8 Å². The van der Waals surface area contributed by atoms with Crippen molar-refractivity contribution in [3.63, 3.8) is 0 Å². The predicted molar refractivity (Wildman–Crippen MR) is 66.2 cm³/mol. The van der Waals surface area contributed by atoms with Gasteiger partial charge in [-0.2, -0.15) is 0 Å². The lowest BCUT2D eigenvalue weighted by Crippen LogP contribution is -2.48. The molecular formula is C11H12BrN3O2. The van der Waals surface area contributed by atoms with Crippen LogP contribution >= 0.6 is 15.9 Å². The van der Waals surface area contributed by atoms with Crippen LogP contribution in [0.5, 0.6) is 0 Å². The van der Waals surface area contributed by atoms with Gasteiger partial charge in [0, 0.05) is 23.8 Å². The Bertz CT molecular complexity index is 451. The Labute approximate surface area is 107 Å². The molecule has 0 aliphatic carbocycles. The van der Waals surface area contributed by atoms with Crippen molar-refractivity contribution < 1.29 is 9.90 Å². The number of piperazine rings is 1. The summed E-state index contributed by atoms with van der Waals surface area (Å²) in [7, 11) is 0. The maximum atomic E-state index is 11.0. The fraction of sp³-hybridized carbons (Fsp3) is 0.455. The standard InChI is InChI=1S/C11H12BrN3O2/c12-7-1-2-10(13-4-7)14-5-9-3-8(14)6-15(9)11(16)17/h1-2,4,8-9H,3,5-6H2,(H,16,17)/t8-,9?/m0/s1. The third-order valence-electron chi connectivity index (χ3n) is 3.49. The second-order valence-corrected chi connectivity index (χ2v) is 5.38. The summed E-state index contributed by atoms with van der Waals surface area (Å²) in [5, 5.41) is 9.01. The van der Waals surface area contributed by atoms with E-state index in [9.17, 15) is 4.79 Å². The highest BCUT2D eigenvalue weighted by Gasteiger charge is 2.45. The van der Waals surface area contributed by atoms with E-state index >= 15 is 0 Å². The van der Waals surface area contributed by atoms with Crippen LogP contribution in [0.2, 0.25) is 0 Å². The molecule has 6 heteroatoms. The van der Waals surface area contributed by atoms with Crippen LogP contribution in [0.1, 0.15) is 6.42 Å². The fourth-order valence-corrected chi connectivity index (χ4v) is 2.95. The number of amides is 1. The monoisotopic (exact) mass is 297 g/mol. The second-order valence-electron chi connectivity index (χ2n) is 4.47. The molecule has 2 saturated heterocycles. The molecule has 0 aromatic carbocycles. The number of likely N-dealkylation sites (tertiary alicyclic amines) is 1. The van der Waals surface area contributed by atoms with Gasteiger partial charge in [0.25, 0.3) is 0 Å².